The van der Waals surface area contributed by atoms with Gasteiger partial charge in [-0.2, -0.15) is 4.57 Å². The predicted octanol–water partition coefficient (Wildman–Crippen LogP) is 11.1. The van der Waals surface area contributed by atoms with Crippen molar-refractivity contribution in [2.75, 3.05) is 0 Å². The number of hydrogen-bond donors (Lipinski definition) is 0. The van der Waals surface area contributed by atoms with Crippen molar-refractivity contribution in [3.63, 3.8) is 0 Å². The molecule has 24 heteroatoms. The molecule has 1 aliphatic rings. The molecule has 3 nitrogen and oxygen atoms in total. The van der Waals surface area contributed by atoms with Gasteiger partial charge in [0.25, 0.3) is 0 Å². The minimum atomic E-state index is -7.22. The van der Waals surface area contributed by atoms with Gasteiger partial charge in [-0.15, -0.1) is 21.9 Å². The Hall–Kier alpha value is -7.14. The lowest BCUT2D eigenvalue weighted by Crippen LogP contribution is -2.81. The molecule has 1 aliphatic carbocycles. The summed E-state index contributed by atoms with van der Waals surface area (Å²) in [6.45, 7) is 0.763. The van der Waals surface area contributed by atoms with Crippen molar-refractivity contribution >= 4 is 28.0 Å². The lowest BCUT2D eigenvalue weighted by atomic mass is 9.12. The number of aromatic nitrogens is 2. The SMILES string of the molecule is Fc1c(F)c(F)c([B-](c2c(F)c(F)c(F)c(F)c2F)(c2c(F)c(F)c(F)c(F)c2F)c2c(F)c(F)c(F)c(F)c2F)c(F)c1F.c1ccc(C[n+]2ccncc2Oc2ccc(C3CCCCC3)cc2)cc1. The second kappa shape index (κ2) is 20.3. The molecule has 0 saturated heterocycles. The molecule has 0 spiro atoms. The van der Waals surface area contributed by atoms with Crippen molar-refractivity contribution in [1.29, 1.82) is 0 Å². The molecule has 372 valence electrons. The zero-order valence-corrected chi connectivity index (χ0v) is 35.2. The Kier molecular flexibility index (Phi) is 14.8. The molecule has 7 aromatic rings. The Morgan fingerprint density at radius 2 is 0.761 bits per heavy atom. The van der Waals surface area contributed by atoms with Gasteiger partial charge >= 0.3 is 5.88 Å². The summed E-state index contributed by atoms with van der Waals surface area (Å²) in [6, 6.07) is 19.0. The quantitative estimate of drug-likeness (QED) is 0.0473. The topological polar surface area (TPSA) is 26.0 Å². The summed E-state index contributed by atoms with van der Waals surface area (Å²) in [5.74, 6) is -69.1. The average molecular weight is 1020 g/mol. The van der Waals surface area contributed by atoms with E-state index in [-0.39, 0.29) is 0 Å². The van der Waals surface area contributed by atoms with Gasteiger partial charge in [0.2, 0.25) is 0 Å². The molecule has 0 atom stereocenters. The fraction of sp³-hybridized carbons (Fsp3) is 0.149. The zero-order chi connectivity index (χ0) is 52.0. The van der Waals surface area contributed by atoms with Gasteiger partial charge in [-0.05, 0) is 36.5 Å². The lowest BCUT2D eigenvalue weighted by Gasteiger charge is -2.44. The van der Waals surface area contributed by atoms with Gasteiger partial charge in [0, 0.05) is 5.56 Å². The van der Waals surface area contributed by atoms with Crippen molar-refractivity contribution in [2.24, 2.45) is 0 Å². The van der Waals surface area contributed by atoms with Gasteiger partial charge < -0.3 is 4.74 Å². The molecule has 0 N–H and O–H groups in total. The second-order valence-electron chi connectivity index (χ2n) is 15.8. The van der Waals surface area contributed by atoms with Gasteiger partial charge in [0.1, 0.15) is 64.6 Å². The van der Waals surface area contributed by atoms with E-state index in [0.717, 1.165) is 24.1 Å². The normalized spacial score (nSPS) is 13.1. The van der Waals surface area contributed by atoms with Crippen molar-refractivity contribution < 1.29 is 97.1 Å². The summed E-state index contributed by atoms with van der Waals surface area (Å²) in [5, 5.41) is 0. The summed E-state index contributed by atoms with van der Waals surface area (Å²) < 4.78 is 302. The molecule has 0 amide bonds. The number of ether oxygens (including phenoxy) is 1. The highest BCUT2D eigenvalue weighted by Gasteiger charge is 2.52. The van der Waals surface area contributed by atoms with E-state index >= 15 is 35.1 Å². The number of hydrogen-bond acceptors (Lipinski definition) is 2. The molecule has 1 fully saturated rings. The van der Waals surface area contributed by atoms with Crippen LogP contribution in [0.25, 0.3) is 0 Å². The molecule has 0 unspecified atom stereocenters. The first-order valence-electron chi connectivity index (χ1n) is 20.5. The number of benzene rings is 6. The maximum atomic E-state index is 15.4. The van der Waals surface area contributed by atoms with E-state index in [1.807, 2.05) is 12.3 Å². The largest absolute Gasteiger partial charge is 0.404 e. The summed E-state index contributed by atoms with van der Waals surface area (Å²) in [6.07, 6.45) is 5.06. The van der Waals surface area contributed by atoms with Crippen LogP contribution in [-0.4, -0.2) is 11.1 Å². The third-order valence-corrected chi connectivity index (χ3v) is 11.9. The molecule has 1 saturated carbocycles. The molecule has 1 heterocycles. The molecule has 6 aromatic carbocycles. The summed E-state index contributed by atoms with van der Waals surface area (Å²) in [5.41, 5.74) is -11.6. The summed E-state index contributed by atoms with van der Waals surface area (Å²) in [4.78, 5) is 4.23. The van der Waals surface area contributed by atoms with Crippen LogP contribution < -0.4 is 31.2 Å². The van der Waals surface area contributed by atoms with Gasteiger partial charge in [-0.1, -0.05) is 61.7 Å². The Bertz CT molecular complexity index is 2810. The Morgan fingerprint density at radius 3 is 1.11 bits per heavy atom. The monoisotopic (exact) mass is 1020 g/mol. The van der Waals surface area contributed by atoms with Crippen LogP contribution in [0.4, 0.5) is 87.8 Å². The second-order valence-corrected chi connectivity index (χ2v) is 15.8. The van der Waals surface area contributed by atoms with Crippen molar-refractivity contribution in [2.45, 2.75) is 44.6 Å². The van der Waals surface area contributed by atoms with Crippen LogP contribution in [0.15, 0.2) is 73.2 Å². The van der Waals surface area contributed by atoms with Crippen LogP contribution in [0, 0.1) is 116 Å². The summed E-state index contributed by atoms with van der Waals surface area (Å²) >= 11 is 0. The highest BCUT2D eigenvalue weighted by molar-refractivity contribution is 7.20. The first-order chi connectivity index (χ1) is 33.6. The van der Waals surface area contributed by atoms with Gasteiger partial charge in [0.05, 0.1) is 6.20 Å². The third kappa shape index (κ3) is 8.89. The number of rotatable bonds is 9. The van der Waals surface area contributed by atoms with E-state index in [9.17, 15) is 52.7 Å². The average Bonchev–Trinajstić information content (AvgIpc) is 3.37. The van der Waals surface area contributed by atoms with Gasteiger partial charge in [0.15, 0.2) is 82.5 Å². The van der Waals surface area contributed by atoms with Crippen LogP contribution in [0.1, 0.15) is 49.1 Å². The van der Waals surface area contributed by atoms with E-state index in [4.69, 9.17) is 4.74 Å². The Balaban J connectivity index is 0.000000240. The summed E-state index contributed by atoms with van der Waals surface area (Å²) in [7, 11) is 0. The van der Waals surface area contributed by atoms with Crippen LogP contribution in [0.5, 0.6) is 11.6 Å². The third-order valence-electron chi connectivity index (χ3n) is 11.9. The molecule has 0 bridgehead atoms. The predicted molar refractivity (Wildman–Crippen MR) is 212 cm³/mol. The fourth-order valence-corrected chi connectivity index (χ4v) is 8.61. The maximum Gasteiger partial charge on any atom is 0.392 e. The van der Waals surface area contributed by atoms with E-state index in [1.54, 1.807) is 12.4 Å². The first-order valence-corrected chi connectivity index (χ1v) is 20.5. The molecule has 71 heavy (non-hydrogen) atoms. The van der Waals surface area contributed by atoms with Crippen molar-refractivity contribution in [1.82, 2.24) is 4.98 Å². The van der Waals surface area contributed by atoms with Gasteiger partial charge in [-0.25, -0.2) is 92.8 Å². The number of halogens is 20. The van der Waals surface area contributed by atoms with Crippen molar-refractivity contribution in [3.05, 3.63) is 201 Å². The van der Waals surface area contributed by atoms with Crippen molar-refractivity contribution in [3.8, 4) is 11.6 Å². The van der Waals surface area contributed by atoms with Crippen LogP contribution >= 0.6 is 0 Å². The maximum absolute atomic E-state index is 15.4. The molecular weight excluding hydrogens is 999 g/mol. The lowest BCUT2D eigenvalue weighted by molar-refractivity contribution is -0.692. The molecule has 0 aliphatic heterocycles. The minimum absolute atomic E-state index is 0.721. The highest BCUT2D eigenvalue weighted by atomic mass is 19.2. The molecule has 1 aromatic heterocycles. The van der Waals surface area contributed by atoms with E-state index in [2.05, 4.69) is 58.1 Å². The Morgan fingerprint density at radius 1 is 0.423 bits per heavy atom. The Labute approximate surface area is 386 Å². The first kappa shape index (κ1) is 51.7. The minimum Gasteiger partial charge on any atom is -0.404 e. The van der Waals surface area contributed by atoms with Gasteiger partial charge in [-0.3, -0.25) is 0 Å². The van der Waals surface area contributed by atoms with Crippen LogP contribution in [-0.2, 0) is 6.54 Å². The van der Waals surface area contributed by atoms with E-state index in [1.165, 1.54) is 43.2 Å². The van der Waals surface area contributed by atoms with E-state index < -0.39 is 144 Å². The molecule has 8 rings (SSSR count). The zero-order valence-electron chi connectivity index (χ0n) is 35.2. The fourth-order valence-electron chi connectivity index (χ4n) is 8.61. The van der Waals surface area contributed by atoms with Crippen LogP contribution in [0.3, 0.4) is 0 Å². The van der Waals surface area contributed by atoms with E-state index in [0.29, 0.717) is 0 Å². The standard InChI is InChI=1S/C24BF20.C23H25N2O/c26-5-1(6(27)14(35)21(42)13(5)34)25(2-7(28)15(36)22(43)16(37)8(2)29,3-9(30)17(38)23(44)18(39)10(3)31)4-11(32)19(40)24(45)20(41)12(4)33;1-3-7-19(8-4-1)18-25-16-15-24-17-23(25)26-22-13-11-21(12-14-22)20-9-5-2-6-10-20/h;1,3-4,7-8,11-17,20H,2,5-6,9-10,18H2/q-1;+1. The molecule has 0 radical (unpaired) electrons. The highest BCUT2D eigenvalue weighted by Crippen LogP contribution is 2.34. The smallest absolute Gasteiger partial charge is 0.392 e. The van der Waals surface area contributed by atoms with Crippen LogP contribution in [0.2, 0.25) is 0 Å². The molecular formula is C47H25BF20N2O. The number of nitrogens with zero attached hydrogens (tertiary/aromatic N) is 2.